The lowest BCUT2D eigenvalue weighted by atomic mass is 10.1. The fourth-order valence-electron chi connectivity index (χ4n) is 5.15. The molecule has 208 valence electrons. The van der Waals surface area contributed by atoms with Crippen LogP contribution in [0.3, 0.4) is 0 Å². The topological polar surface area (TPSA) is 94.4 Å². The van der Waals surface area contributed by atoms with Crippen molar-refractivity contribution in [1.82, 2.24) is 19.1 Å². The second kappa shape index (κ2) is 11.5. The average Bonchev–Trinajstić information content (AvgIpc) is 3.68. The van der Waals surface area contributed by atoms with Gasteiger partial charge in [0, 0.05) is 17.8 Å². The fraction of sp³-hybridized carbons (Fsp3) is 0.194. The Morgan fingerprint density at radius 3 is 2.41 bits per heavy atom. The molecule has 4 aromatic carbocycles. The minimum atomic E-state index is -3.80. The summed E-state index contributed by atoms with van der Waals surface area (Å²) in [5, 5.41) is 11.3. The highest BCUT2D eigenvalue weighted by molar-refractivity contribution is 7.99. The van der Waals surface area contributed by atoms with Crippen LogP contribution in [0.25, 0.3) is 16.5 Å². The summed E-state index contributed by atoms with van der Waals surface area (Å²) in [5.41, 5.74) is 1.38. The molecule has 1 fully saturated rings. The lowest BCUT2D eigenvalue weighted by Crippen LogP contribution is -2.32. The number of carbonyl (C=O) groups excluding carboxylic acids is 1. The molecule has 1 saturated heterocycles. The highest BCUT2D eigenvalue weighted by atomic mass is 32.2. The summed E-state index contributed by atoms with van der Waals surface area (Å²) in [5.74, 6) is 1.32. The minimum Gasteiger partial charge on any atom is -0.497 e. The highest BCUT2D eigenvalue weighted by Gasteiger charge is 2.39. The molecule has 6 rings (SSSR count). The van der Waals surface area contributed by atoms with Crippen molar-refractivity contribution < 1.29 is 17.9 Å². The number of sulfonamides is 1. The Morgan fingerprint density at radius 2 is 1.66 bits per heavy atom. The van der Waals surface area contributed by atoms with Crippen LogP contribution in [0.15, 0.2) is 107 Å². The van der Waals surface area contributed by atoms with Gasteiger partial charge in [0.05, 0.1) is 23.8 Å². The smallest absolute Gasteiger partial charge is 0.243 e. The number of ketones is 1. The Morgan fingerprint density at radius 1 is 0.927 bits per heavy atom. The Hall–Kier alpha value is -3.99. The van der Waals surface area contributed by atoms with Gasteiger partial charge in [-0.3, -0.25) is 9.36 Å². The van der Waals surface area contributed by atoms with Gasteiger partial charge >= 0.3 is 0 Å². The quantitative estimate of drug-likeness (QED) is 0.157. The van der Waals surface area contributed by atoms with E-state index in [0.29, 0.717) is 41.7 Å². The molecule has 1 atom stereocenters. The van der Waals surface area contributed by atoms with E-state index in [-0.39, 0.29) is 16.4 Å². The summed E-state index contributed by atoms with van der Waals surface area (Å²) in [4.78, 5) is 13.2. The highest BCUT2D eigenvalue weighted by Crippen LogP contribution is 2.38. The van der Waals surface area contributed by atoms with Gasteiger partial charge in [-0.1, -0.05) is 60.3 Å². The number of para-hydroxylation sites is 1. The van der Waals surface area contributed by atoms with Crippen LogP contribution in [-0.2, 0) is 10.0 Å². The summed E-state index contributed by atoms with van der Waals surface area (Å²) in [6.07, 6.45) is 1.32. The molecule has 1 aliphatic heterocycles. The van der Waals surface area contributed by atoms with Gasteiger partial charge in [-0.05, 0) is 72.1 Å². The van der Waals surface area contributed by atoms with Gasteiger partial charge in [0.2, 0.25) is 10.0 Å². The van der Waals surface area contributed by atoms with E-state index in [1.165, 1.54) is 16.1 Å². The number of thioether (sulfide) groups is 1. The van der Waals surface area contributed by atoms with E-state index in [0.717, 1.165) is 16.5 Å². The largest absolute Gasteiger partial charge is 0.497 e. The van der Waals surface area contributed by atoms with Crippen molar-refractivity contribution in [3.8, 4) is 11.4 Å². The molecule has 0 saturated carbocycles. The van der Waals surface area contributed by atoms with Crippen LogP contribution in [0.2, 0.25) is 0 Å². The SMILES string of the molecule is COc1ccc(C(=O)CSc2nnc(C3CCCN3S(=O)(=O)c3ccc4ccccc4c3)n2-c2ccccc2)cc1. The molecular weight excluding hydrogens is 556 g/mol. The van der Waals surface area contributed by atoms with Crippen molar-refractivity contribution in [1.29, 1.82) is 0 Å². The van der Waals surface area contributed by atoms with Gasteiger partial charge in [0.25, 0.3) is 0 Å². The number of methoxy groups -OCH3 is 1. The molecule has 10 heteroatoms. The number of aromatic nitrogens is 3. The number of benzene rings is 4. The third-order valence-corrected chi connectivity index (χ3v) is 10.1. The molecule has 2 heterocycles. The summed E-state index contributed by atoms with van der Waals surface area (Å²) < 4.78 is 36.5. The zero-order valence-corrected chi connectivity index (χ0v) is 24.0. The van der Waals surface area contributed by atoms with Crippen LogP contribution in [0.4, 0.5) is 0 Å². The normalized spacial score (nSPS) is 15.8. The number of rotatable bonds is 9. The van der Waals surface area contributed by atoms with E-state index in [1.807, 2.05) is 65.2 Å². The Balaban J connectivity index is 1.32. The Labute approximate surface area is 243 Å². The third-order valence-electron chi connectivity index (χ3n) is 7.25. The maximum absolute atomic E-state index is 13.9. The van der Waals surface area contributed by atoms with E-state index in [2.05, 4.69) is 10.2 Å². The van der Waals surface area contributed by atoms with Crippen LogP contribution in [0.1, 0.15) is 35.1 Å². The zero-order chi connectivity index (χ0) is 28.4. The molecular formula is C31H28N4O4S2. The molecule has 41 heavy (non-hydrogen) atoms. The molecule has 0 radical (unpaired) electrons. The van der Waals surface area contributed by atoms with Gasteiger partial charge in [-0.2, -0.15) is 4.31 Å². The van der Waals surface area contributed by atoms with Crippen LogP contribution in [0.5, 0.6) is 5.75 Å². The molecule has 0 bridgehead atoms. The Kier molecular flexibility index (Phi) is 7.61. The number of fused-ring (bicyclic) bond motifs is 1. The number of ether oxygens (including phenoxy) is 1. The van der Waals surface area contributed by atoms with Gasteiger partial charge < -0.3 is 4.74 Å². The zero-order valence-electron chi connectivity index (χ0n) is 22.4. The third kappa shape index (κ3) is 5.38. The number of nitrogens with zero attached hydrogens (tertiary/aromatic N) is 4. The van der Waals surface area contributed by atoms with Crippen molar-refractivity contribution in [2.24, 2.45) is 0 Å². The molecule has 0 N–H and O–H groups in total. The fourth-order valence-corrected chi connectivity index (χ4v) is 7.69. The second-order valence-corrected chi connectivity index (χ2v) is 12.6. The van der Waals surface area contributed by atoms with E-state index >= 15 is 0 Å². The first kappa shape index (κ1) is 27.2. The number of Topliss-reactive ketones (excluding diaryl/α,β-unsaturated/α-hetero) is 1. The summed E-state index contributed by atoms with van der Waals surface area (Å²) in [6, 6.07) is 29.0. The summed E-state index contributed by atoms with van der Waals surface area (Å²) in [7, 11) is -2.22. The molecule has 1 aliphatic rings. The predicted octanol–water partition coefficient (Wildman–Crippen LogP) is 5.93. The number of carbonyl (C=O) groups is 1. The molecule has 0 aliphatic carbocycles. The first-order chi connectivity index (χ1) is 20.0. The number of hydrogen-bond acceptors (Lipinski definition) is 7. The maximum Gasteiger partial charge on any atom is 0.243 e. The van der Waals surface area contributed by atoms with Gasteiger partial charge in [-0.25, -0.2) is 8.42 Å². The van der Waals surface area contributed by atoms with Crippen LogP contribution < -0.4 is 4.74 Å². The molecule has 5 aromatic rings. The van der Waals surface area contributed by atoms with Crippen LogP contribution in [-0.4, -0.2) is 52.7 Å². The van der Waals surface area contributed by atoms with Gasteiger partial charge in [-0.15, -0.1) is 10.2 Å². The Bertz CT molecular complexity index is 1810. The molecule has 0 amide bonds. The summed E-state index contributed by atoms with van der Waals surface area (Å²) >= 11 is 1.28. The number of hydrogen-bond donors (Lipinski definition) is 0. The molecule has 1 aromatic heterocycles. The monoisotopic (exact) mass is 584 g/mol. The van der Waals surface area contributed by atoms with Gasteiger partial charge in [0.1, 0.15) is 5.75 Å². The lowest BCUT2D eigenvalue weighted by Gasteiger charge is -2.24. The molecule has 0 spiro atoms. The minimum absolute atomic E-state index is 0.0526. The van der Waals surface area contributed by atoms with Crippen LogP contribution >= 0.6 is 11.8 Å². The first-order valence-electron chi connectivity index (χ1n) is 13.3. The lowest BCUT2D eigenvalue weighted by molar-refractivity contribution is 0.102. The predicted molar refractivity (Wildman–Crippen MR) is 159 cm³/mol. The van der Waals surface area contributed by atoms with Crippen molar-refractivity contribution in [3.63, 3.8) is 0 Å². The molecule has 1 unspecified atom stereocenters. The maximum atomic E-state index is 13.9. The van der Waals surface area contributed by atoms with Crippen LogP contribution in [0, 0.1) is 0 Å². The van der Waals surface area contributed by atoms with E-state index in [1.54, 1.807) is 43.5 Å². The van der Waals surface area contributed by atoms with E-state index in [4.69, 9.17) is 4.74 Å². The second-order valence-electron chi connectivity index (χ2n) is 9.73. The van der Waals surface area contributed by atoms with Gasteiger partial charge in [0.15, 0.2) is 16.8 Å². The standard InChI is InChI=1S/C31H28N4O4S2/c1-39-26-16-13-23(14-17-26)29(36)21-40-31-33-32-30(35(31)25-10-3-2-4-11-25)28-12-7-19-34(28)41(37,38)27-18-15-22-8-5-6-9-24(22)20-27/h2-6,8-11,13-18,20,28H,7,12,19,21H2,1H3. The first-order valence-corrected chi connectivity index (χ1v) is 15.7. The average molecular weight is 585 g/mol. The van der Waals surface area contributed by atoms with E-state index < -0.39 is 16.1 Å². The summed E-state index contributed by atoms with van der Waals surface area (Å²) in [6.45, 7) is 0.389. The van der Waals surface area contributed by atoms with Crippen molar-refractivity contribution >= 4 is 38.3 Å². The van der Waals surface area contributed by atoms with Crippen molar-refractivity contribution in [2.75, 3.05) is 19.4 Å². The molecule has 8 nitrogen and oxygen atoms in total. The van der Waals surface area contributed by atoms with E-state index in [9.17, 15) is 13.2 Å². The van der Waals surface area contributed by atoms with Crippen molar-refractivity contribution in [2.45, 2.75) is 28.9 Å². The van der Waals surface area contributed by atoms with Crippen molar-refractivity contribution in [3.05, 3.63) is 108 Å².